The summed E-state index contributed by atoms with van der Waals surface area (Å²) in [6.07, 6.45) is 4.91. The molecule has 2 saturated heterocycles. The highest BCUT2D eigenvalue weighted by molar-refractivity contribution is 6.30. The van der Waals surface area contributed by atoms with Crippen LogP contribution < -0.4 is 4.90 Å². The molecule has 29 heavy (non-hydrogen) atoms. The zero-order chi connectivity index (χ0) is 20.2. The molecular weight excluding hydrogens is 388 g/mol. The van der Waals surface area contributed by atoms with E-state index in [0.29, 0.717) is 11.6 Å². The lowest BCUT2D eigenvalue weighted by Gasteiger charge is -2.35. The van der Waals surface area contributed by atoms with Crippen LogP contribution in [0.3, 0.4) is 0 Å². The van der Waals surface area contributed by atoms with Crippen LogP contribution in [-0.2, 0) is 16.0 Å². The summed E-state index contributed by atoms with van der Waals surface area (Å²) in [4.78, 5) is 35.5. The number of rotatable bonds is 5. The minimum Gasteiger partial charge on any atom is -0.340 e. The summed E-state index contributed by atoms with van der Waals surface area (Å²) < 4.78 is 0. The smallest absolute Gasteiger partial charge is 0.228 e. The number of piperazine rings is 1. The van der Waals surface area contributed by atoms with Crippen LogP contribution in [-0.4, -0.2) is 65.9 Å². The Balaban J connectivity index is 1.27. The van der Waals surface area contributed by atoms with Crippen LogP contribution in [0.15, 0.2) is 48.8 Å². The maximum absolute atomic E-state index is 13.0. The van der Waals surface area contributed by atoms with Crippen molar-refractivity contribution in [2.24, 2.45) is 5.92 Å². The van der Waals surface area contributed by atoms with E-state index in [2.05, 4.69) is 9.88 Å². The van der Waals surface area contributed by atoms with Crippen LogP contribution in [0.4, 0.5) is 5.69 Å². The minimum absolute atomic E-state index is 0.00154. The Morgan fingerprint density at radius 2 is 1.72 bits per heavy atom. The van der Waals surface area contributed by atoms with Gasteiger partial charge in [-0.1, -0.05) is 11.6 Å². The third kappa shape index (κ3) is 4.77. The molecule has 0 saturated carbocycles. The molecule has 2 amide bonds. The topological polar surface area (TPSA) is 56.8 Å². The van der Waals surface area contributed by atoms with Gasteiger partial charge in [0.1, 0.15) is 0 Å². The lowest BCUT2D eigenvalue weighted by molar-refractivity contribution is -0.137. The Kier molecular flexibility index (Phi) is 6.11. The zero-order valence-corrected chi connectivity index (χ0v) is 17.1. The number of halogens is 1. The van der Waals surface area contributed by atoms with E-state index in [1.54, 1.807) is 17.0 Å². The lowest BCUT2D eigenvalue weighted by Crippen LogP contribution is -2.51. The summed E-state index contributed by atoms with van der Waals surface area (Å²) in [6, 6.07) is 11.3. The molecule has 1 aromatic carbocycles. The number of aromatic nitrogens is 1. The van der Waals surface area contributed by atoms with Crippen molar-refractivity contribution in [1.82, 2.24) is 14.8 Å². The van der Waals surface area contributed by atoms with Gasteiger partial charge >= 0.3 is 0 Å². The average molecular weight is 413 g/mol. The van der Waals surface area contributed by atoms with Gasteiger partial charge in [-0.15, -0.1) is 0 Å². The predicted octanol–water partition coefficient (Wildman–Crippen LogP) is 2.47. The normalized spacial score (nSPS) is 20.3. The molecule has 3 heterocycles. The van der Waals surface area contributed by atoms with Crippen molar-refractivity contribution in [3.05, 3.63) is 59.4 Å². The molecule has 1 atom stereocenters. The largest absolute Gasteiger partial charge is 0.340 e. The van der Waals surface area contributed by atoms with Gasteiger partial charge in [-0.2, -0.15) is 0 Å². The lowest BCUT2D eigenvalue weighted by atomic mass is 10.1. The molecular formula is C22H25ClN4O2. The SMILES string of the molecule is O=C(C1CC(=O)N(c2ccc(Cl)cc2)C1)N1CCN(CCc2ccncc2)CC1. The van der Waals surface area contributed by atoms with Gasteiger partial charge in [-0.05, 0) is 48.4 Å². The first kappa shape index (κ1) is 19.9. The van der Waals surface area contributed by atoms with Crippen molar-refractivity contribution in [1.29, 1.82) is 0 Å². The fourth-order valence-corrected chi connectivity index (χ4v) is 4.16. The van der Waals surface area contributed by atoms with Crippen molar-refractivity contribution in [3.8, 4) is 0 Å². The van der Waals surface area contributed by atoms with Crippen molar-refractivity contribution >= 4 is 29.1 Å². The number of carbonyl (C=O) groups excluding carboxylic acids is 2. The molecule has 0 N–H and O–H groups in total. The Hall–Kier alpha value is -2.44. The molecule has 7 heteroatoms. The third-order valence-electron chi connectivity index (χ3n) is 5.76. The molecule has 2 aliphatic rings. The highest BCUT2D eigenvalue weighted by Crippen LogP contribution is 2.27. The van der Waals surface area contributed by atoms with E-state index in [9.17, 15) is 9.59 Å². The zero-order valence-electron chi connectivity index (χ0n) is 16.3. The first-order chi connectivity index (χ1) is 14.1. The number of hydrogen-bond acceptors (Lipinski definition) is 4. The highest BCUT2D eigenvalue weighted by Gasteiger charge is 2.37. The highest BCUT2D eigenvalue weighted by atomic mass is 35.5. The number of pyridine rings is 1. The maximum Gasteiger partial charge on any atom is 0.228 e. The van der Waals surface area contributed by atoms with Gasteiger partial charge in [0.2, 0.25) is 11.8 Å². The van der Waals surface area contributed by atoms with Crippen LogP contribution >= 0.6 is 11.6 Å². The van der Waals surface area contributed by atoms with Crippen molar-refractivity contribution in [2.45, 2.75) is 12.8 Å². The van der Waals surface area contributed by atoms with E-state index < -0.39 is 0 Å². The molecule has 0 spiro atoms. The fraction of sp³-hybridized carbons (Fsp3) is 0.409. The number of carbonyl (C=O) groups is 2. The standard InChI is InChI=1S/C22H25ClN4O2/c23-19-1-3-20(4-2-19)27-16-18(15-21(27)28)22(29)26-13-11-25(12-14-26)10-7-17-5-8-24-9-6-17/h1-6,8-9,18H,7,10-16H2. The molecule has 0 aliphatic carbocycles. The Morgan fingerprint density at radius 1 is 1.03 bits per heavy atom. The molecule has 2 fully saturated rings. The predicted molar refractivity (Wildman–Crippen MR) is 113 cm³/mol. The molecule has 1 aromatic heterocycles. The van der Waals surface area contributed by atoms with E-state index in [1.165, 1.54) is 5.56 Å². The van der Waals surface area contributed by atoms with Crippen LogP contribution in [0, 0.1) is 5.92 Å². The van der Waals surface area contributed by atoms with Gasteiger partial charge in [0.15, 0.2) is 0 Å². The van der Waals surface area contributed by atoms with Gasteiger partial charge in [-0.3, -0.25) is 19.5 Å². The maximum atomic E-state index is 13.0. The Bertz CT molecular complexity index is 851. The molecule has 4 rings (SSSR count). The van der Waals surface area contributed by atoms with Gasteiger partial charge in [-0.25, -0.2) is 0 Å². The average Bonchev–Trinajstić information content (AvgIpc) is 3.15. The van der Waals surface area contributed by atoms with Gasteiger partial charge in [0.05, 0.1) is 5.92 Å². The summed E-state index contributed by atoms with van der Waals surface area (Å²) in [7, 11) is 0. The summed E-state index contributed by atoms with van der Waals surface area (Å²) in [5.41, 5.74) is 2.08. The summed E-state index contributed by atoms with van der Waals surface area (Å²) in [6.45, 7) is 4.62. The summed E-state index contributed by atoms with van der Waals surface area (Å²) in [5, 5.41) is 0.634. The van der Waals surface area contributed by atoms with Crippen molar-refractivity contribution in [3.63, 3.8) is 0 Å². The van der Waals surface area contributed by atoms with Gasteiger partial charge < -0.3 is 9.80 Å². The Morgan fingerprint density at radius 3 is 2.41 bits per heavy atom. The number of nitrogens with zero attached hydrogens (tertiary/aromatic N) is 4. The van der Waals surface area contributed by atoms with Gasteiger partial charge in [0, 0.05) is 68.8 Å². The molecule has 2 aliphatic heterocycles. The number of amides is 2. The first-order valence-corrected chi connectivity index (χ1v) is 10.4. The molecule has 1 unspecified atom stereocenters. The fourth-order valence-electron chi connectivity index (χ4n) is 4.03. The molecule has 0 bridgehead atoms. The van der Waals surface area contributed by atoms with E-state index in [4.69, 9.17) is 11.6 Å². The van der Waals surface area contributed by atoms with E-state index in [1.807, 2.05) is 41.6 Å². The number of benzene rings is 1. The number of hydrogen-bond donors (Lipinski definition) is 0. The second-order valence-electron chi connectivity index (χ2n) is 7.65. The van der Waals surface area contributed by atoms with Crippen molar-refractivity contribution < 1.29 is 9.59 Å². The third-order valence-corrected chi connectivity index (χ3v) is 6.01. The van der Waals surface area contributed by atoms with Crippen LogP contribution in [0.25, 0.3) is 0 Å². The van der Waals surface area contributed by atoms with Crippen molar-refractivity contribution in [2.75, 3.05) is 44.2 Å². The van der Waals surface area contributed by atoms with Gasteiger partial charge in [0.25, 0.3) is 0 Å². The van der Waals surface area contributed by atoms with E-state index >= 15 is 0 Å². The number of anilines is 1. The Labute approximate surface area is 176 Å². The second kappa shape index (κ2) is 8.93. The molecule has 2 aromatic rings. The minimum atomic E-state index is -0.262. The molecule has 6 nitrogen and oxygen atoms in total. The monoisotopic (exact) mass is 412 g/mol. The summed E-state index contributed by atoms with van der Waals surface area (Å²) in [5.74, 6) is -0.160. The second-order valence-corrected chi connectivity index (χ2v) is 8.09. The summed E-state index contributed by atoms with van der Waals surface area (Å²) >= 11 is 5.93. The quantitative estimate of drug-likeness (QED) is 0.757. The van der Waals surface area contributed by atoms with Crippen LogP contribution in [0.1, 0.15) is 12.0 Å². The molecule has 152 valence electrons. The molecule has 0 radical (unpaired) electrons. The van der Waals surface area contributed by atoms with E-state index in [0.717, 1.165) is 44.8 Å². The first-order valence-electron chi connectivity index (χ1n) is 10.1. The van der Waals surface area contributed by atoms with Crippen LogP contribution in [0.5, 0.6) is 0 Å². The van der Waals surface area contributed by atoms with E-state index in [-0.39, 0.29) is 24.2 Å². The van der Waals surface area contributed by atoms with Crippen LogP contribution in [0.2, 0.25) is 5.02 Å².